The third kappa shape index (κ3) is 9.79. The van der Waals surface area contributed by atoms with Gasteiger partial charge in [-0.3, -0.25) is 19.1 Å². The van der Waals surface area contributed by atoms with E-state index < -0.39 is 56.0 Å². The number of allylic oxidation sites excluding steroid dienone is 1. The molecule has 2 aliphatic carbocycles. The van der Waals surface area contributed by atoms with Crippen molar-refractivity contribution >= 4 is 44.9 Å². The minimum absolute atomic E-state index is 0. The number of nitrogens with two attached hydrogens (primary N) is 1. The highest BCUT2D eigenvalue weighted by Gasteiger charge is 2.63. The summed E-state index contributed by atoms with van der Waals surface area (Å²) < 4.78 is 43.3. The van der Waals surface area contributed by atoms with E-state index >= 15 is 0 Å². The quantitative estimate of drug-likeness (QED) is 0.337. The number of benzene rings is 1. The van der Waals surface area contributed by atoms with E-state index in [4.69, 9.17) is 15.2 Å². The Morgan fingerprint density at radius 2 is 1.83 bits per heavy atom. The average Bonchev–Trinajstić information content (AvgIpc) is 3.95. The molecule has 2 saturated carbocycles. The van der Waals surface area contributed by atoms with E-state index in [1.807, 2.05) is 12.2 Å². The Kier molecular flexibility index (Phi) is 11.8. The number of primary amides is 1. The molecule has 54 heavy (non-hydrogen) atoms. The molecule has 6 rings (SSSR count). The first kappa shape index (κ1) is 40.7. The first-order valence-corrected chi connectivity index (χ1v) is 20.0. The van der Waals surface area contributed by atoms with Crippen molar-refractivity contribution < 1.29 is 46.1 Å². The van der Waals surface area contributed by atoms with Gasteiger partial charge in [0.25, 0.3) is 5.91 Å². The maximum atomic E-state index is 14.0. The predicted octanol–water partition coefficient (Wildman–Crippen LogP) is 4.88. The number of nitrogens with zero attached hydrogens (tertiary/aromatic N) is 3. The number of aromatic nitrogens is 2. The van der Waals surface area contributed by atoms with Crippen LogP contribution in [0.25, 0.3) is 11.0 Å². The van der Waals surface area contributed by atoms with Crippen LogP contribution in [0.5, 0.6) is 11.6 Å². The fourth-order valence-electron chi connectivity index (χ4n) is 7.05. The average molecular weight is 777 g/mol. The summed E-state index contributed by atoms with van der Waals surface area (Å²) >= 11 is 0. The van der Waals surface area contributed by atoms with Crippen LogP contribution in [-0.4, -0.2) is 88.8 Å². The monoisotopic (exact) mass is 776 g/mol. The molecule has 1 aromatic carbocycles. The van der Waals surface area contributed by atoms with Crippen LogP contribution in [0.15, 0.2) is 36.5 Å². The molecule has 16 heteroatoms. The molecule has 1 saturated heterocycles. The summed E-state index contributed by atoms with van der Waals surface area (Å²) in [5, 5.41) is 2.91. The molecule has 0 spiro atoms. The lowest BCUT2D eigenvalue weighted by molar-refractivity contribution is -0.140. The summed E-state index contributed by atoms with van der Waals surface area (Å²) in [7, 11) is -2.35. The van der Waals surface area contributed by atoms with Crippen molar-refractivity contribution in [2.45, 2.75) is 121 Å². The van der Waals surface area contributed by atoms with Crippen molar-refractivity contribution in [1.29, 1.82) is 0 Å². The highest BCUT2D eigenvalue weighted by molar-refractivity contribution is 7.91. The van der Waals surface area contributed by atoms with Crippen LogP contribution in [0.3, 0.4) is 0 Å². The van der Waals surface area contributed by atoms with Crippen LogP contribution >= 0.6 is 0 Å². The predicted molar refractivity (Wildman–Crippen MR) is 207 cm³/mol. The summed E-state index contributed by atoms with van der Waals surface area (Å²) in [6.07, 6.45) is 8.41. The Morgan fingerprint density at radius 3 is 2.46 bits per heavy atom. The molecule has 15 nitrogen and oxygen atoms in total. The number of methoxy groups -OCH3 is 1. The standard InChI is InChI=1S/C33H43N5O7S.C5H11NO2.3H2/c1-20-7-5-6-8-22-17-33(22,31(41)37-46(42,43)32(3)11-12-32)36-30(40)27-16-24(19-38(27)29(39)14-21(2)13-20)45-28-18-34-25-10-9-23(44-4)15-26(25)35-28;1-5(2,3)8-4(6)7;;;/h6,8-10,15,18,20-22,24,27H,5,7,11-14,16-17,19H2,1-4H3,(H,36,40)(H,37,41);1-3H3,(H2,6,7);3*1H/b8-6-;;;;/t20-,21-,22-,24-,27+,33-;;;;/m1..../s1. The maximum absolute atomic E-state index is 14.0. The lowest BCUT2D eigenvalue weighted by atomic mass is 9.91. The van der Waals surface area contributed by atoms with Crippen molar-refractivity contribution in [2.24, 2.45) is 23.5 Å². The number of amides is 4. The summed E-state index contributed by atoms with van der Waals surface area (Å²) in [4.78, 5) is 61.9. The largest absolute Gasteiger partial charge is 0.497 e. The number of sulfonamides is 1. The van der Waals surface area contributed by atoms with Crippen LogP contribution in [0.4, 0.5) is 4.79 Å². The van der Waals surface area contributed by atoms with Gasteiger partial charge in [-0.15, -0.1) is 0 Å². The van der Waals surface area contributed by atoms with E-state index in [9.17, 15) is 27.6 Å². The smallest absolute Gasteiger partial charge is 0.405 e. The lowest BCUT2D eigenvalue weighted by Crippen LogP contribution is -2.57. The van der Waals surface area contributed by atoms with E-state index in [1.165, 1.54) is 6.20 Å². The number of hydrogen-bond acceptors (Lipinski definition) is 11. The zero-order chi connectivity index (χ0) is 39.6. The highest BCUT2D eigenvalue weighted by Crippen LogP contribution is 2.47. The second-order valence-electron chi connectivity index (χ2n) is 16.4. The molecule has 302 valence electrons. The second kappa shape index (κ2) is 15.7. The van der Waals surface area contributed by atoms with Crippen molar-refractivity contribution in [3.05, 3.63) is 36.5 Å². The molecule has 0 radical (unpaired) electrons. The van der Waals surface area contributed by atoms with E-state index in [-0.39, 0.29) is 53.7 Å². The number of nitrogens with one attached hydrogen (secondary N) is 2. The topological polar surface area (TPSA) is 209 Å². The van der Waals surface area contributed by atoms with Crippen molar-refractivity contribution in [3.63, 3.8) is 0 Å². The molecule has 3 heterocycles. The van der Waals surface area contributed by atoms with Gasteiger partial charge < -0.3 is 30.2 Å². The maximum Gasteiger partial charge on any atom is 0.405 e. The molecular formula is C38H60N6O9S. The minimum atomic E-state index is -3.91. The van der Waals surface area contributed by atoms with E-state index in [1.54, 1.807) is 57.9 Å². The second-order valence-corrected chi connectivity index (χ2v) is 18.6. The number of hydrogen-bond donors (Lipinski definition) is 3. The number of fused-ring (bicyclic) bond motifs is 3. The van der Waals surface area contributed by atoms with Gasteiger partial charge in [0.2, 0.25) is 27.7 Å². The van der Waals surface area contributed by atoms with E-state index in [0.29, 0.717) is 35.5 Å². The Labute approximate surface area is 321 Å². The first-order valence-electron chi connectivity index (χ1n) is 18.5. The molecule has 0 bridgehead atoms. The first-order chi connectivity index (χ1) is 25.2. The molecule has 1 aromatic heterocycles. The highest BCUT2D eigenvalue weighted by atomic mass is 32.2. The van der Waals surface area contributed by atoms with Gasteiger partial charge in [-0.2, -0.15) is 0 Å². The lowest BCUT2D eigenvalue weighted by Gasteiger charge is -2.27. The molecular weight excluding hydrogens is 717 g/mol. The molecule has 4 aliphatic rings. The van der Waals surface area contributed by atoms with E-state index in [0.717, 1.165) is 19.3 Å². The van der Waals surface area contributed by atoms with Crippen LogP contribution in [0.1, 0.15) is 97.2 Å². The third-order valence-corrected chi connectivity index (χ3v) is 12.6. The fourth-order valence-corrected chi connectivity index (χ4v) is 8.36. The summed E-state index contributed by atoms with van der Waals surface area (Å²) in [6, 6.07) is 4.43. The van der Waals surface area contributed by atoms with Gasteiger partial charge in [0, 0.05) is 29.1 Å². The number of carbonyl (C=O) groups is 4. The van der Waals surface area contributed by atoms with Gasteiger partial charge in [0.15, 0.2) is 0 Å². The molecule has 3 fully saturated rings. The zero-order valence-electron chi connectivity index (χ0n) is 32.2. The van der Waals surface area contributed by atoms with Crippen LogP contribution in [0, 0.1) is 17.8 Å². The Morgan fingerprint density at radius 1 is 1.11 bits per heavy atom. The summed E-state index contributed by atoms with van der Waals surface area (Å²) in [6.45, 7) is 11.3. The normalized spacial score (nSPS) is 28.7. The summed E-state index contributed by atoms with van der Waals surface area (Å²) in [5.74, 6) is -0.395. The number of ether oxygens (including phenoxy) is 3. The van der Waals surface area contributed by atoms with Crippen LogP contribution in [0.2, 0.25) is 0 Å². The van der Waals surface area contributed by atoms with Gasteiger partial charge in [-0.05, 0) is 90.2 Å². The van der Waals surface area contributed by atoms with Crippen LogP contribution in [-0.2, 0) is 29.1 Å². The zero-order valence-corrected chi connectivity index (χ0v) is 33.0. The molecule has 2 aromatic rings. The Hall–Kier alpha value is -4.47. The number of carbonyl (C=O) groups excluding carboxylic acids is 4. The third-order valence-electron chi connectivity index (χ3n) is 10.4. The minimum Gasteiger partial charge on any atom is -0.497 e. The van der Waals surface area contributed by atoms with Crippen LogP contribution < -0.4 is 25.2 Å². The molecule has 6 atom stereocenters. The number of rotatable bonds is 6. The molecule has 4 N–H and O–H groups in total. The van der Waals surface area contributed by atoms with Crippen molar-refractivity contribution in [1.82, 2.24) is 24.9 Å². The molecule has 4 amide bonds. The fraction of sp³-hybridized carbons (Fsp3) is 0.632. The molecule has 2 aliphatic heterocycles. The summed E-state index contributed by atoms with van der Waals surface area (Å²) in [5.41, 5.74) is 4.10. The Bertz CT molecular complexity index is 1910. The molecule has 0 unspecified atom stereocenters. The van der Waals surface area contributed by atoms with Crippen molar-refractivity contribution in [2.75, 3.05) is 13.7 Å². The van der Waals surface area contributed by atoms with Gasteiger partial charge >= 0.3 is 6.09 Å². The van der Waals surface area contributed by atoms with Gasteiger partial charge in [0.1, 0.15) is 29.0 Å². The Balaban J connectivity index is 0.000000924. The van der Waals surface area contributed by atoms with Crippen molar-refractivity contribution in [3.8, 4) is 11.6 Å². The SMILES string of the molecule is CC(C)(C)OC(N)=O.COc1ccc2ncc(O[C@@H]3C[C@H]4C(=O)N[C@]5(C(=O)NS(=O)(=O)C6(C)CC6)C[C@H]5/C=C\CC[C@@H](C)C[C@@H](C)CC(=O)N4C3)nc2c1.[HH].[HH].[HH]. The van der Waals surface area contributed by atoms with Gasteiger partial charge in [-0.1, -0.05) is 26.0 Å². The van der Waals surface area contributed by atoms with Gasteiger partial charge in [-0.25, -0.2) is 23.2 Å². The van der Waals surface area contributed by atoms with Gasteiger partial charge in [0.05, 0.1) is 35.6 Å². The van der Waals surface area contributed by atoms with E-state index in [2.05, 4.69) is 38.6 Å².